The molecule has 1 saturated carbocycles. The van der Waals surface area contributed by atoms with Crippen molar-refractivity contribution in [2.24, 2.45) is 5.92 Å². The number of aliphatic hydroxyl groups excluding tert-OH is 1. The van der Waals surface area contributed by atoms with Gasteiger partial charge in [0, 0.05) is 12.1 Å². The third-order valence-electron chi connectivity index (χ3n) is 4.25. The van der Waals surface area contributed by atoms with Crippen molar-refractivity contribution in [3.8, 4) is 0 Å². The molecule has 1 aromatic carbocycles. The lowest BCUT2D eigenvalue weighted by molar-refractivity contribution is 0.0901. The zero-order valence-corrected chi connectivity index (χ0v) is 11.2. The summed E-state index contributed by atoms with van der Waals surface area (Å²) in [5.74, 6) is 0.344. The van der Waals surface area contributed by atoms with Gasteiger partial charge in [-0.2, -0.15) is 0 Å². The summed E-state index contributed by atoms with van der Waals surface area (Å²) in [4.78, 5) is 12.1. The summed E-state index contributed by atoms with van der Waals surface area (Å²) in [6.07, 6.45) is 6.51. The van der Waals surface area contributed by atoms with E-state index in [0.717, 1.165) is 31.2 Å². The monoisotopic (exact) mass is 259 g/mol. The van der Waals surface area contributed by atoms with Crippen molar-refractivity contribution in [2.45, 2.75) is 44.6 Å². The Hall–Kier alpha value is -1.35. The average Bonchev–Trinajstić information content (AvgIpc) is 3.28. The second kappa shape index (κ2) is 5.33. The van der Waals surface area contributed by atoms with Crippen molar-refractivity contribution in [2.75, 3.05) is 6.54 Å². The molecule has 3 rings (SSSR count). The first-order valence-corrected chi connectivity index (χ1v) is 7.32. The third-order valence-corrected chi connectivity index (χ3v) is 4.25. The van der Waals surface area contributed by atoms with Crippen LogP contribution in [-0.4, -0.2) is 23.7 Å². The van der Waals surface area contributed by atoms with Crippen LogP contribution >= 0.6 is 0 Å². The standard InChI is InChI=1S/C16H21NO2/c18-15(12-6-7-12)10-17-16(19)14-8-5-11-3-1-2-4-13(11)9-14/h5,8-9,12,15,18H,1-4,6-7,10H2,(H,17,19). The fourth-order valence-electron chi connectivity index (χ4n) is 2.82. The van der Waals surface area contributed by atoms with Gasteiger partial charge in [0.1, 0.15) is 0 Å². The number of rotatable bonds is 4. The Labute approximate surface area is 114 Å². The van der Waals surface area contributed by atoms with E-state index in [4.69, 9.17) is 0 Å². The highest BCUT2D eigenvalue weighted by Gasteiger charge is 2.29. The van der Waals surface area contributed by atoms with Gasteiger partial charge in [-0.05, 0) is 67.7 Å². The minimum atomic E-state index is -0.374. The van der Waals surface area contributed by atoms with Gasteiger partial charge in [-0.15, -0.1) is 0 Å². The molecule has 0 radical (unpaired) electrons. The van der Waals surface area contributed by atoms with Gasteiger partial charge in [-0.1, -0.05) is 6.07 Å². The fraction of sp³-hybridized carbons (Fsp3) is 0.562. The molecule has 3 nitrogen and oxygen atoms in total. The highest BCUT2D eigenvalue weighted by Crippen LogP contribution is 2.32. The molecule has 3 heteroatoms. The largest absolute Gasteiger partial charge is 0.391 e. The molecule has 2 N–H and O–H groups in total. The van der Waals surface area contributed by atoms with Crippen molar-refractivity contribution >= 4 is 5.91 Å². The van der Waals surface area contributed by atoms with Crippen LogP contribution in [0.4, 0.5) is 0 Å². The average molecular weight is 259 g/mol. The second-order valence-electron chi connectivity index (χ2n) is 5.81. The second-order valence-corrected chi connectivity index (χ2v) is 5.81. The van der Waals surface area contributed by atoms with E-state index in [1.54, 1.807) is 0 Å². The molecular weight excluding hydrogens is 238 g/mol. The Morgan fingerprint density at radius 1 is 1.26 bits per heavy atom. The fourth-order valence-corrected chi connectivity index (χ4v) is 2.82. The summed E-state index contributed by atoms with van der Waals surface area (Å²) in [7, 11) is 0. The van der Waals surface area contributed by atoms with E-state index in [0.29, 0.717) is 12.5 Å². The summed E-state index contributed by atoms with van der Waals surface area (Å²) < 4.78 is 0. The predicted octanol–water partition coefficient (Wildman–Crippen LogP) is 2.07. The maximum Gasteiger partial charge on any atom is 0.251 e. The van der Waals surface area contributed by atoms with Crippen LogP contribution in [0.2, 0.25) is 0 Å². The van der Waals surface area contributed by atoms with Crippen LogP contribution in [0.3, 0.4) is 0 Å². The van der Waals surface area contributed by atoms with Gasteiger partial charge in [0.05, 0.1) is 6.10 Å². The number of aliphatic hydroxyl groups is 1. The van der Waals surface area contributed by atoms with Gasteiger partial charge in [0.15, 0.2) is 0 Å². The number of carbonyl (C=O) groups excluding carboxylic acids is 1. The number of benzene rings is 1. The van der Waals surface area contributed by atoms with Crippen LogP contribution in [0.25, 0.3) is 0 Å². The van der Waals surface area contributed by atoms with E-state index in [9.17, 15) is 9.90 Å². The van der Waals surface area contributed by atoms with E-state index < -0.39 is 0 Å². The third kappa shape index (κ3) is 2.98. The molecule has 1 atom stereocenters. The van der Waals surface area contributed by atoms with Crippen molar-refractivity contribution in [3.05, 3.63) is 34.9 Å². The van der Waals surface area contributed by atoms with Crippen LogP contribution in [-0.2, 0) is 12.8 Å². The zero-order chi connectivity index (χ0) is 13.2. The molecule has 0 saturated heterocycles. The number of fused-ring (bicyclic) bond motifs is 1. The molecule has 102 valence electrons. The molecule has 2 aliphatic rings. The summed E-state index contributed by atoms with van der Waals surface area (Å²) in [6.45, 7) is 0.376. The maximum atomic E-state index is 12.1. The molecule has 2 aliphatic carbocycles. The Bertz CT molecular complexity index is 480. The Balaban J connectivity index is 1.62. The maximum absolute atomic E-state index is 12.1. The van der Waals surface area contributed by atoms with Crippen molar-refractivity contribution in [1.82, 2.24) is 5.32 Å². The van der Waals surface area contributed by atoms with Crippen molar-refractivity contribution in [1.29, 1.82) is 0 Å². The quantitative estimate of drug-likeness (QED) is 0.869. The predicted molar refractivity (Wildman–Crippen MR) is 74.1 cm³/mol. The Morgan fingerprint density at radius 3 is 2.74 bits per heavy atom. The first-order valence-electron chi connectivity index (χ1n) is 7.32. The lowest BCUT2D eigenvalue weighted by Gasteiger charge is -2.17. The molecule has 0 bridgehead atoms. The number of hydrogen-bond acceptors (Lipinski definition) is 2. The van der Waals surface area contributed by atoms with Crippen LogP contribution in [0.15, 0.2) is 18.2 Å². The smallest absolute Gasteiger partial charge is 0.251 e. The van der Waals surface area contributed by atoms with E-state index in [2.05, 4.69) is 11.4 Å². The van der Waals surface area contributed by atoms with Crippen LogP contribution in [0, 0.1) is 5.92 Å². The normalized spacial score (nSPS) is 19.6. The molecule has 19 heavy (non-hydrogen) atoms. The van der Waals surface area contributed by atoms with Gasteiger partial charge < -0.3 is 10.4 Å². The van der Waals surface area contributed by atoms with E-state index in [1.165, 1.54) is 24.0 Å². The first kappa shape index (κ1) is 12.7. The SMILES string of the molecule is O=C(NCC(O)C1CC1)c1ccc2c(c1)CCCC2. The van der Waals surface area contributed by atoms with E-state index >= 15 is 0 Å². The van der Waals surface area contributed by atoms with Crippen LogP contribution < -0.4 is 5.32 Å². The summed E-state index contributed by atoms with van der Waals surface area (Å²) in [5.41, 5.74) is 3.44. The molecular formula is C16H21NO2. The Kier molecular flexibility index (Phi) is 3.56. The van der Waals surface area contributed by atoms with E-state index in [-0.39, 0.29) is 12.0 Å². The van der Waals surface area contributed by atoms with Gasteiger partial charge >= 0.3 is 0 Å². The van der Waals surface area contributed by atoms with Crippen molar-refractivity contribution < 1.29 is 9.90 Å². The van der Waals surface area contributed by atoms with Gasteiger partial charge in [0.2, 0.25) is 0 Å². The van der Waals surface area contributed by atoms with Gasteiger partial charge in [-0.3, -0.25) is 4.79 Å². The van der Waals surface area contributed by atoms with Crippen LogP contribution in [0.1, 0.15) is 47.2 Å². The van der Waals surface area contributed by atoms with E-state index in [1.807, 2.05) is 12.1 Å². The zero-order valence-electron chi connectivity index (χ0n) is 11.2. The lowest BCUT2D eigenvalue weighted by Crippen LogP contribution is -2.33. The highest BCUT2D eigenvalue weighted by molar-refractivity contribution is 5.94. The minimum Gasteiger partial charge on any atom is -0.391 e. The number of aryl methyl sites for hydroxylation is 2. The summed E-state index contributed by atoms with van der Waals surface area (Å²) >= 11 is 0. The molecule has 0 spiro atoms. The van der Waals surface area contributed by atoms with Gasteiger partial charge in [0.25, 0.3) is 5.91 Å². The number of hydrogen-bond donors (Lipinski definition) is 2. The highest BCUT2D eigenvalue weighted by atomic mass is 16.3. The lowest BCUT2D eigenvalue weighted by atomic mass is 9.90. The molecule has 1 aromatic rings. The summed E-state index contributed by atoms with van der Waals surface area (Å²) in [6, 6.07) is 6.01. The van der Waals surface area contributed by atoms with Crippen molar-refractivity contribution in [3.63, 3.8) is 0 Å². The number of nitrogens with one attached hydrogen (secondary N) is 1. The van der Waals surface area contributed by atoms with Gasteiger partial charge in [-0.25, -0.2) is 0 Å². The minimum absolute atomic E-state index is 0.0620. The molecule has 1 unspecified atom stereocenters. The number of carbonyl (C=O) groups is 1. The molecule has 1 amide bonds. The Morgan fingerprint density at radius 2 is 2.00 bits per heavy atom. The topological polar surface area (TPSA) is 49.3 Å². The van der Waals surface area contributed by atoms with Crippen LogP contribution in [0.5, 0.6) is 0 Å². The summed E-state index contributed by atoms with van der Waals surface area (Å²) in [5, 5.41) is 12.6. The number of amides is 1. The molecule has 1 fully saturated rings. The molecule has 0 heterocycles. The molecule has 0 aliphatic heterocycles. The first-order chi connectivity index (χ1) is 9.24. The molecule has 0 aromatic heterocycles.